The molecule has 2 aromatic carbocycles. The Morgan fingerprint density at radius 2 is 1.62 bits per heavy atom. The van der Waals surface area contributed by atoms with Crippen molar-refractivity contribution in [3.05, 3.63) is 66.1 Å². The molecule has 0 bridgehead atoms. The van der Waals surface area contributed by atoms with Gasteiger partial charge in [0.2, 0.25) is 5.88 Å². The molecule has 3 aromatic rings. The summed E-state index contributed by atoms with van der Waals surface area (Å²) in [6.07, 6.45) is 1.51. The standard InChI is InChI=1S/C23H17F4NO3S/c1-3-4-13-31-20-14-19(15-7-11-18(12-8-15)32(2,29)30)21(22(28-20)23(25,26)27)16-5-9-17(24)10-6-16/h1,5-12,14H,4,13H2,2H3. The molecule has 1 heterocycles. The summed E-state index contributed by atoms with van der Waals surface area (Å²) in [6.45, 7) is -0.0385. The average molecular weight is 463 g/mol. The number of halogens is 4. The minimum atomic E-state index is -4.85. The van der Waals surface area contributed by atoms with E-state index in [1.165, 1.54) is 42.5 Å². The van der Waals surface area contributed by atoms with Gasteiger partial charge in [0, 0.05) is 24.3 Å². The summed E-state index contributed by atoms with van der Waals surface area (Å²) in [4.78, 5) is 3.67. The van der Waals surface area contributed by atoms with Crippen molar-refractivity contribution < 1.29 is 30.7 Å². The summed E-state index contributed by atoms with van der Waals surface area (Å²) in [5, 5.41) is 0. The summed E-state index contributed by atoms with van der Waals surface area (Å²) in [5.41, 5.74) is -1.02. The van der Waals surface area contributed by atoms with Crippen LogP contribution in [0, 0.1) is 18.2 Å². The zero-order chi connectivity index (χ0) is 23.5. The van der Waals surface area contributed by atoms with Gasteiger partial charge in [-0.25, -0.2) is 17.8 Å². The van der Waals surface area contributed by atoms with Crippen LogP contribution in [-0.2, 0) is 16.0 Å². The van der Waals surface area contributed by atoms with Crippen LogP contribution >= 0.6 is 0 Å². The molecule has 0 saturated carbocycles. The largest absolute Gasteiger partial charge is 0.477 e. The number of pyridine rings is 1. The molecule has 0 N–H and O–H groups in total. The zero-order valence-electron chi connectivity index (χ0n) is 16.8. The van der Waals surface area contributed by atoms with Crippen molar-refractivity contribution in [2.75, 3.05) is 12.9 Å². The number of ether oxygens (including phenoxy) is 1. The molecule has 32 heavy (non-hydrogen) atoms. The van der Waals surface area contributed by atoms with Crippen LogP contribution in [0.15, 0.2) is 59.5 Å². The van der Waals surface area contributed by atoms with Crippen LogP contribution in [0.5, 0.6) is 5.88 Å². The SMILES string of the molecule is C#CCCOc1cc(-c2ccc(S(C)(=O)=O)cc2)c(-c2ccc(F)cc2)c(C(F)(F)F)n1. The number of alkyl halides is 3. The molecule has 0 aliphatic rings. The van der Waals surface area contributed by atoms with E-state index in [0.29, 0.717) is 5.56 Å². The number of sulfone groups is 1. The molecular formula is C23H17F4NO3S. The van der Waals surface area contributed by atoms with Crippen LogP contribution in [0.1, 0.15) is 12.1 Å². The van der Waals surface area contributed by atoms with Crippen LogP contribution in [0.25, 0.3) is 22.3 Å². The molecule has 0 fully saturated rings. The van der Waals surface area contributed by atoms with E-state index in [2.05, 4.69) is 10.9 Å². The highest BCUT2D eigenvalue weighted by Crippen LogP contribution is 2.43. The molecule has 0 radical (unpaired) electrons. The van der Waals surface area contributed by atoms with Crippen molar-refractivity contribution in [2.24, 2.45) is 0 Å². The van der Waals surface area contributed by atoms with E-state index in [-0.39, 0.29) is 40.5 Å². The van der Waals surface area contributed by atoms with Crippen LogP contribution in [0.4, 0.5) is 17.6 Å². The third kappa shape index (κ3) is 5.26. The molecule has 0 aliphatic heterocycles. The Bertz CT molecular complexity index is 1260. The summed E-state index contributed by atoms with van der Waals surface area (Å²) in [7, 11) is -3.50. The van der Waals surface area contributed by atoms with Crippen LogP contribution in [0.2, 0.25) is 0 Å². The second-order valence-corrected chi connectivity index (χ2v) is 8.85. The Kier molecular flexibility index (Phi) is 6.55. The average Bonchev–Trinajstić information content (AvgIpc) is 2.73. The van der Waals surface area contributed by atoms with Gasteiger partial charge in [-0.1, -0.05) is 24.3 Å². The minimum absolute atomic E-state index is 0.0141. The lowest BCUT2D eigenvalue weighted by Gasteiger charge is -2.19. The molecule has 0 unspecified atom stereocenters. The van der Waals surface area contributed by atoms with Gasteiger partial charge in [-0.15, -0.1) is 12.3 Å². The highest BCUT2D eigenvalue weighted by atomic mass is 32.2. The maximum atomic E-state index is 14.0. The molecule has 166 valence electrons. The Morgan fingerprint density at radius 3 is 2.16 bits per heavy atom. The van der Waals surface area contributed by atoms with E-state index >= 15 is 0 Å². The number of rotatable bonds is 6. The Balaban J connectivity index is 2.29. The van der Waals surface area contributed by atoms with Crippen molar-refractivity contribution in [3.8, 4) is 40.5 Å². The molecule has 0 saturated heterocycles. The van der Waals surface area contributed by atoms with E-state index in [4.69, 9.17) is 11.2 Å². The Labute approximate surface area is 182 Å². The van der Waals surface area contributed by atoms with Gasteiger partial charge < -0.3 is 4.74 Å². The van der Waals surface area contributed by atoms with Gasteiger partial charge in [0.1, 0.15) is 12.4 Å². The lowest BCUT2D eigenvalue weighted by atomic mass is 9.93. The maximum absolute atomic E-state index is 14.0. The second-order valence-electron chi connectivity index (χ2n) is 6.84. The predicted molar refractivity (Wildman–Crippen MR) is 112 cm³/mol. The van der Waals surface area contributed by atoms with Crippen molar-refractivity contribution in [1.29, 1.82) is 0 Å². The molecule has 0 aliphatic carbocycles. The lowest BCUT2D eigenvalue weighted by molar-refractivity contribution is -0.140. The minimum Gasteiger partial charge on any atom is -0.477 e. The topological polar surface area (TPSA) is 56.3 Å². The van der Waals surface area contributed by atoms with Crippen LogP contribution < -0.4 is 4.74 Å². The molecule has 1 aromatic heterocycles. The first-order valence-corrected chi connectivity index (χ1v) is 11.1. The number of terminal acetylenes is 1. The first-order valence-electron chi connectivity index (χ1n) is 9.25. The van der Waals surface area contributed by atoms with E-state index in [9.17, 15) is 26.0 Å². The van der Waals surface area contributed by atoms with E-state index < -0.39 is 27.5 Å². The number of nitrogens with zero attached hydrogens (tertiary/aromatic N) is 1. The summed E-state index contributed by atoms with van der Waals surface area (Å²) < 4.78 is 84.2. The molecule has 0 spiro atoms. The number of aromatic nitrogens is 1. The first-order chi connectivity index (χ1) is 15.0. The summed E-state index contributed by atoms with van der Waals surface area (Å²) in [5.74, 6) is 1.43. The quantitative estimate of drug-likeness (QED) is 0.280. The fourth-order valence-electron chi connectivity index (χ4n) is 3.03. The Morgan fingerprint density at radius 1 is 1.03 bits per heavy atom. The van der Waals surface area contributed by atoms with Crippen molar-refractivity contribution >= 4 is 9.84 Å². The van der Waals surface area contributed by atoms with E-state index in [1.54, 1.807) is 0 Å². The van der Waals surface area contributed by atoms with Gasteiger partial charge in [-0.3, -0.25) is 0 Å². The van der Waals surface area contributed by atoms with Crippen molar-refractivity contribution in [2.45, 2.75) is 17.5 Å². The van der Waals surface area contributed by atoms with Gasteiger partial charge in [0.25, 0.3) is 0 Å². The molecule has 0 atom stereocenters. The molecule has 4 nitrogen and oxygen atoms in total. The highest BCUT2D eigenvalue weighted by molar-refractivity contribution is 7.90. The van der Waals surface area contributed by atoms with Gasteiger partial charge in [-0.2, -0.15) is 13.2 Å². The van der Waals surface area contributed by atoms with Crippen molar-refractivity contribution in [1.82, 2.24) is 4.98 Å². The number of hydrogen-bond acceptors (Lipinski definition) is 4. The zero-order valence-corrected chi connectivity index (χ0v) is 17.6. The number of hydrogen-bond donors (Lipinski definition) is 0. The van der Waals surface area contributed by atoms with Gasteiger partial charge in [0.15, 0.2) is 15.5 Å². The molecule has 0 amide bonds. The molecule has 3 rings (SSSR count). The summed E-state index contributed by atoms with van der Waals surface area (Å²) in [6, 6.07) is 11.2. The lowest BCUT2D eigenvalue weighted by Crippen LogP contribution is -2.13. The van der Waals surface area contributed by atoms with E-state index in [1.807, 2.05) is 0 Å². The van der Waals surface area contributed by atoms with Crippen LogP contribution in [-0.4, -0.2) is 26.3 Å². The third-order valence-electron chi connectivity index (χ3n) is 4.49. The van der Waals surface area contributed by atoms with Crippen LogP contribution in [0.3, 0.4) is 0 Å². The third-order valence-corrected chi connectivity index (χ3v) is 5.62. The van der Waals surface area contributed by atoms with E-state index in [0.717, 1.165) is 18.4 Å². The Hall–Kier alpha value is -3.38. The monoisotopic (exact) mass is 463 g/mol. The second kappa shape index (κ2) is 9.01. The van der Waals surface area contributed by atoms with Gasteiger partial charge in [-0.05, 0) is 41.0 Å². The molecular weight excluding hydrogens is 446 g/mol. The smallest absolute Gasteiger partial charge is 0.434 e. The van der Waals surface area contributed by atoms with Gasteiger partial charge in [0.05, 0.1) is 4.90 Å². The van der Waals surface area contributed by atoms with Gasteiger partial charge >= 0.3 is 6.18 Å². The first kappa shape index (κ1) is 23.3. The fourth-order valence-corrected chi connectivity index (χ4v) is 3.66. The maximum Gasteiger partial charge on any atom is 0.434 e. The summed E-state index contributed by atoms with van der Waals surface area (Å²) >= 11 is 0. The molecule has 9 heteroatoms. The fraction of sp³-hybridized carbons (Fsp3) is 0.174. The normalized spacial score (nSPS) is 11.8. The predicted octanol–water partition coefficient (Wildman–Crippen LogP) is 5.38. The van der Waals surface area contributed by atoms with Crippen molar-refractivity contribution in [3.63, 3.8) is 0 Å². The number of benzene rings is 2. The highest BCUT2D eigenvalue weighted by Gasteiger charge is 2.38.